The van der Waals surface area contributed by atoms with Crippen LogP contribution in [0.3, 0.4) is 0 Å². The predicted octanol–water partition coefficient (Wildman–Crippen LogP) is 2.42. The third-order valence-electron chi connectivity index (χ3n) is 3.73. The van der Waals surface area contributed by atoms with Gasteiger partial charge in [-0.1, -0.05) is 5.21 Å². The normalized spacial score (nSPS) is 10.4. The number of amides is 1. The highest BCUT2D eigenvalue weighted by atomic mass is 19.1. The van der Waals surface area contributed by atoms with Crippen molar-refractivity contribution < 1.29 is 18.7 Å². The Morgan fingerprint density at radius 3 is 2.48 bits per heavy atom. The Hall–Kier alpha value is -3.55. The Balaban J connectivity index is 1.48. The first kappa shape index (κ1) is 18.2. The van der Waals surface area contributed by atoms with Crippen LogP contribution >= 0.6 is 0 Å². The molecule has 0 fully saturated rings. The SMILES string of the molecule is CC(=O)c1ccc(OCCNC(=O)c2cn(-c3ccc(F)cc3)nn2)cc1. The van der Waals surface area contributed by atoms with Gasteiger partial charge in [-0.05, 0) is 55.5 Å². The average Bonchev–Trinajstić information content (AvgIpc) is 3.16. The molecular weight excluding hydrogens is 351 g/mol. The van der Waals surface area contributed by atoms with Gasteiger partial charge in [-0.2, -0.15) is 0 Å². The van der Waals surface area contributed by atoms with E-state index in [0.717, 1.165) is 0 Å². The molecule has 0 aliphatic carbocycles. The molecule has 0 bridgehead atoms. The van der Waals surface area contributed by atoms with E-state index in [0.29, 0.717) is 17.0 Å². The van der Waals surface area contributed by atoms with Crippen molar-refractivity contribution in [3.63, 3.8) is 0 Å². The number of rotatable bonds is 7. The Morgan fingerprint density at radius 1 is 1.11 bits per heavy atom. The molecule has 0 aliphatic heterocycles. The van der Waals surface area contributed by atoms with Crippen LogP contribution in [-0.4, -0.2) is 39.8 Å². The van der Waals surface area contributed by atoms with Crippen LogP contribution in [0.1, 0.15) is 27.8 Å². The molecule has 0 aliphatic rings. The summed E-state index contributed by atoms with van der Waals surface area (Å²) in [6.07, 6.45) is 1.46. The minimum atomic E-state index is -0.390. The van der Waals surface area contributed by atoms with Gasteiger partial charge in [-0.3, -0.25) is 9.59 Å². The number of aromatic nitrogens is 3. The van der Waals surface area contributed by atoms with Crippen LogP contribution in [0.25, 0.3) is 5.69 Å². The van der Waals surface area contributed by atoms with Gasteiger partial charge in [0.15, 0.2) is 11.5 Å². The molecule has 0 saturated carbocycles. The van der Waals surface area contributed by atoms with E-state index in [2.05, 4.69) is 15.6 Å². The van der Waals surface area contributed by atoms with E-state index < -0.39 is 0 Å². The number of carbonyl (C=O) groups excluding carboxylic acids is 2. The summed E-state index contributed by atoms with van der Waals surface area (Å²) in [6, 6.07) is 12.5. The fourth-order valence-corrected chi connectivity index (χ4v) is 2.30. The second-order valence-electron chi connectivity index (χ2n) is 5.71. The molecule has 0 saturated heterocycles. The molecule has 3 aromatic rings. The van der Waals surface area contributed by atoms with Crippen molar-refractivity contribution in [2.45, 2.75) is 6.92 Å². The summed E-state index contributed by atoms with van der Waals surface area (Å²) < 4.78 is 19.9. The number of ether oxygens (including phenoxy) is 1. The topological polar surface area (TPSA) is 86.1 Å². The van der Waals surface area contributed by atoms with Gasteiger partial charge in [0.1, 0.15) is 18.2 Å². The number of Topliss-reactive ketones (excluding diaryl/α,β-unsaturated/α-hetero) is 1. The fourth-order valence-electron chi connectivity index (χ4n) is 2.30. The third kappa shape index (κ3) is 4.75. The molecule has 7 nitrogen and oxygen atoms in total. The van der Waals surface area contributed by atoms with Crippen LogP contribution in [0.2, 0.25) is 0 Å². The third-order valence-corrected chi connectivity index (χ3v) is 3.73. The maximum Gasteiger partial charge on any atom is 0.273 e. The molecular formula is C19H17FN4O3. The van der Waals surface area contributed by atoms with E-state index in [9.17, 15) is 14.0 Å². The van der Waals surface area contributed by atoms with Gasteiger partial charge in [0, 0.05) is 5.56 Å². The van der Waals surface area contributed by atoms with Gasteiger partial charge in [-0.25, -0.2) is 9.07 Å². The Morgan fingerprint density at radius 2 is 1.81 bits per heavy atom. The molecule has 0 spiro atoms. The zero-order valence-electron chi connectivity index (χ0n) is 14.6. The van der Waals surface area contributed by atoms with Gasteiger partial charge >= 0.3 is 0 Å². The van der Waals surface area contributed by atoms with E-state index >= 15 is 0 Å². The minimum Gasteiger partial charge on any atom is -0.492 e. The highest BCUT2D eigenvalue weighted by Gasteiger charge is 2.11. The molecule has 2 aromatic carbocycles. The van der Waals surface area contributed by atoms with E-state index in [1.54, 1.807) is 24.3 Å². The zero-order valence-corrected chi connectivity index (χ0v) is 14.6. The van der Waals surface area contributed by atoms with Gasteiger partial charge in [0.25, 0.3) is 5.91 Å². The fraction of sp³-hybridized carbons (Fsp3) is 0.158. The Kier molecular flexibility index (Phi) is 5.55. The van der Waals surface area contributed by atoms with E-state index in [1.807, 2.05) is 0 Å². The summed E-state index contributed by atoms with van der Waals surface area (Å²) in [5, 5.41) is 10.4. The van der Waals surface area contributed by atoms with Crippen LogP contribution in [0.15, 0.2) is 54.7 Å². The number of ketones is 1. The van der Waals surface area contributed by atoms with Crippen LogP contribution in [-0.2, 0) is 0 Å². The number of benzene rings is 2. The van der Waals surface area contributed by atoms with Gasteiger partial charge < -0.3 is 10.1 Å². The predicted molar refractivity (Wildman–Crippen MR) is 95.6 cm³/mol. The lowest BCUT2D eigenvalue weighted by Crippen LogP contribution is -2.28. The second kappa shape index (κ2) is 8.22. The van der Waals surface area contributed by atoms with Crippen LogP contribution < -0.4 is 10.1 Å². The van der Waals surface area contributed by atoms with E-state index in [4.69, 9.17) is 4.74 Å². The summed E-state index contributed by atoms with van der Waals surface area (Å²) in [6.45, 7) is 2.03. The molecule has 1 heterocycles. The smallest absolute Gasteiger partial charge is 0.273 e. The van der Waals surface area contributed by atoms with Crippen molar-refractivity contribution >= 4 is 11.7 Å². The molecule has 0 unspecified atom stereocenters. The first-order valence-electron chi connectivity index (χ1n) is 8.23. The number of nitrogens with one attached hydrogen (secondary N) is 1. The average molecular weight is 368 g/mol. The summed E-state index contributed by atoms with van der Waals surface area (Å²) in [5.41, 5.74) is 1.35. The number of hydrogen-bond acceptors (Lipinski definition) is 5. The highest BCUT2D eigenvalue weighted by Crippen LogP contribution is 2.12. The van der Waals surface area contributed by atoms with Crippen LogP contribution in [0, 0.1) is 5.82 Å². The van der Waals surface area contributed by atoms with Gasteiger partial charge in [0.2, 0.25) is 0 Å². The second-order valence-corrected chi connectivity index (χ2v) is 5.71. The lowest BCUT2D eigenvalue weighted by atomic mass is 10.1. The number of hydrogen-bond donors (Lipinski definition) is 1. The molecule has 1 aromatic heterocycles. The summed E-state index contributed by atoms with van der Waals surface area (Å²) in [7, 11) is 0. The maximum atomic E-state index is 13.0. The molecule has 3 rings (SSSR count). The Bertz CT molecular complexity index is 936. The maximum absolute atomic E-state index is 13.0. The first-order chi connectivity index (χ1) is 13.0. The van der Waals surface area contributed by atoms with Gasteiger partial charge in [-0.15, -0.1) is 5.10 Å². The number of nitrogens with zero attached hydrogens (tertiary/aromatic N) is 3. The van der Waals surface area contributed by atoms with Gasteiger partial charge in [0.05, 0.1) is 18.4 Å². The number of carbonyl (C=O) groups is 2. The van der Waals surface area contributed by atoms with Crippen LogP contribution in [0.5, 0.6) is 5.75 Å². The Labute approximate surface area is 154 Å². The standard InChI is InChI=1S/C19H17FN4O3/c1-13(25)14-2-8-17(9-3-14)27-11-10-21-19(26)18-12-24(23-22-18)16-6-4-15(20)5-7-16/h2-9,12H,10-11H2,1H3,(H,21,26). The zero-order chi connectivity index (χ0) is 19.2. The first-order valence-corrected chi connectivity index (χ1v) is 8.23. The molecule has 1 N–H and O–H groups in total. The number of halogens is 1. The lowest BCUT2D eigenvalue weighted by molar-refractivity contribution is 0.0941. The van der Waals surface area contributed by atoms with Crippen molar-refractivity contribution in [3.8, 4) is 11.4 Å². The summed E-state index contributed by atoms with van der Waals surface area (Å²) in [5.74, 6) is -0.148. The van der Waals surface area contributed by atoms with E-state index in [-0.39, 0.29) is 36.4 Å². The highest BCUT2D eigenvalue weighted by molar-refractivity contribution is 5.94. The molecule has 27 heavy (non-hydrogen) atoms. The lowest BCUT2D eigenvalue weighted by Gasteiger charge is -2.07. The van der Waals surface area contributed by atoms with Crippen molar-refractivity contribution in [1.29, 1.82) is 0 Å². The largest absolute Gasteiger partial charge is 0.492 e. The van der Waals surface area contributed by atoms with Crippen LogP contribution in [0.4, 0.5) is 4.39 Å². The van der Waals surface area contributed by atoms with Crippen molar-refractivity contribution in [1.82, 2.24) is 20.3 Å². The van der Waals surface area contributed by atoms with Crippen molar-refractivity contribution in [2.24, 2.45) is 0 Å². The molecule has 138 valence electrons. The summed E-state index contributed by atoms with van der Waals surface area (Å²) >= 11 is 0. The minimum absolute atomic E-state index is 0.0116. The van der Waals surface area contributed by atoms with E-state index in [1.165, 1.54) is 42.1 Å². The monoisotopic (exact) mass is 368 g/mol. The molecule has 1 amide bonds. The molecule has 0 atom stereocenters. The van der Waals surface area contributed by atoms with Crippen molar-refractivity contribution in [3.05, 3.63) is 71.8 Å². The molecule has 8 heteroatoms. The quantitative estimate of drug-likeness (QED) is 0.511. The summed E-state index contributed by atoms with van der Waals surface area (Å²) in [4.78, 5) is 23.3. The van der Waals surface area contributed by atoms with Crippen molar-refractivity contribution in [2.75, 3.05) is 13.2 Å². The molecule has 0 radical (unpaired) electrons.